The Morgan fingerprint density at radius 3 is 2.77 bits per heavy atom. The molecule has 134 valence electrons. The second-order valence-electron chi connectivity index (χ2n) is 6.93. The third-order valence-corrected chi connectivity index (χ3v) is 4.97. The molecule has 0 spiro atoms. The van der Waals surface area contributed by atoms with Gasteiger partial charge >= 0.3 is 0 Å². The van der Waals surface area contributed by atoms with E-state index in [-0.39, 0.29) is 11.9 Å². The maximum Gasteiger partial charge on any atom is 0.254 e. The summed E-state index contributed by atoms with van der Waals surface area (Å²) in [6, 6.07) is 7.64. The monoisotopic (exact) mass is 349 g/mol. The van der Waals surface area contributed by atoms with Crippen molar-refractivity contribution in [2.45, 2.75) is 25.3 Å². The lowest BCUT2D eigenvalue weighted by Gasteiger charge is -2.36. The third kappa shape index (κ3) is 2.92. The number of fused-ring (bicyclic) bond motifs is 1. The first kappa shape index (κ1) is 16.6. The van der Waals surface area contributed by atoms with Gasteiger partial charge in [-0.25, -0.2) is 4.98 Å². The van der Waals surface area contributed by atoms with Gasteiger partial charge in [0.2, 0.25) is 0 Å². The van der Waals surface area contributed by atoms with Crippen LogP contribution >= 0.6 is 0 Å². The second-order valence-corrected chi connectivity index (χ2v) is 6.93. The zero-order valence-electron chi connectivity index (χ0n) is 15.2. The van der Waals surface area contributed by atoms with E-state index in [1.807, 2.05) is 36.2 Å². The van der Waals surface area contributed by atoms with Gasteiger partial charge in [-0.2, -0.15) is 0 Å². The summed E-state index contributed by atoms with van der Waals surface area (Å²) in [7, 11) is 4.00. The van der Waals surface area contributed by atoms with Gasteiger partial charge in [0, 0.05) is 51.0 Å². The van der Waals surface area contributed by atoms with Crippen LogP contribution in [0.1, 0.15) is 41.4 Å². The molecule has 0 saturated carbocycles. The Labute approximate surface area is 153 Å². The summed E-state index contributed by atoms with van der Waals surface area (Å²) in [4.78, 5) is 26.0. The fraction of sp³-hybridized carbons (Fsp3) is 0.350. The highest BCUT2D eigenvalue weighted by atomic mass is 16.2. The van der Waals surface area contributed by atoms with Crippen LogP contribution in [0.2, 0.25) is 0 Å². The Balaban J connectivity index is 1.75. The molecule has 1 atom stereocenters. The van der Waals surface area contributed by atoms with E-state index >= 15 is 0 Å². The smallest absolute Gasteiger partial charge is 0.254 e. The molecule has 26 heavy (non-hydrogen) atoms. The first-order chi connectivity index (χ1) is 12.6. The second kappa shape index (κ2) is 6.78. The molecule has 0 aliphatic carbocycles. The van der Waals surface area contributed by atoms with E-state index in [0.29, 0.717) is 5.56 Å². The molecule has 0 radical (unpaired) electrons. The van der Waals surface area contributed by atoms with Crippen LogP contribution in [0, 0.1) is 0 Å². The molecule has 0 N–H and O–H groups in total. The van der Waals surface area contributed by atoms with Crippen molar-refractivity contribution in [3.8, 4) is 0 Å². The van der Waals surface area contributed by atoms with Crippen LogP contribution in [0.5, 0.6) is 0 Å². The van der Waals surface area contributed by atoms with Gasteiger partial charge in [-0.3, -0.25) is 9.78 Å². The molecule has 3 aromatic heterocycles. The molecule has 4 heterocycles. The zero-order chi connectivity index (χ0) is 18.1. The highest BCUT2D eigenvalue weighted by Crippen LogP contribution is 2.33. The number of carbonyl (C=O) groups excluding carboxylic acids is 1. The lowest BCUT2D eigenvalue weighted by Crippen LogP contribution is -2.39. The third-order valence-electron chi connectivity index (χ3n) is 4.97. The van der Waals surface area contributed by atoms with E-state index < -0.39 is 0 Å². The van der Waals surface area contributed by atoms with Crippen molar-refractivity contribution < 1.29 is 4.79 Å². The minimum Gasteiger partial charge on any atom is -0.361 e. The van der Waals surface area contributed by atoms with Crippen molar-refractivity contribution in [2.24, 2.45) is 0 Å². The standard InChI is InChI=1S/C20H23N5O/c1-23(2)19-18-7-5-12-24(18)14-16(22-19)17-6-3-4-13-25(17)20(26)15-8-10-21-11-9-15/h5,7-12,14,17H,3-4,6,13H2,1-2H3/t17-/m0/s1. The van der Waals surface area contributed by atoms with Gasteiger partial charge in [0.05, 0.1) is 17.3 Å². The first-order valence-electron chi connectivity index (χ1n) is 9.01. The summed E-state index contributed by atoms with van der Waals surface area (Å²) >= 11 is 0. The summed E-state index contributed by atoms with van der Waals surface area (Å²) in [5, 5.41) is 0. The average Bonchev–Trinajstić information content (AvgIpc) is 3.16. The Kier molecular flexibility index (Phi) is 4.32. The number of piperidine rings is 1. The van der Waals surface area contributed by atoms with Crippen molar-refractivity contribution in [2.75, 3.05) is 25.5 Å². The van der Waals surface area contributed by atoms with Gasteiger partial charge in [0.1, 0.15) is 0 Å². The van der Waals surface area contributed by atoms with Gasteiger partial charge in [0.15, 0.2) is 5.82 Å². The quantitative estimate of drug-likeness (QED) is 0.729. The molecule has 0 unspecified atom stereocenters. The Morgan fingerprint density at radius 1 is 1.19 bits per heavy atom. The Morgan fingerprint density at radius 2 is 2.00 bits per heavy atom. The van der Waals surface area contributed by atoms with Crippen molar-refractivity contribution in [1.29, 1.82) is 0 Å². The number of hydrogen-bond donors (Lipinski definition) is 0. The van der Waals surface area contributed by atoms with Crippen molar-refractivity contribution in [1.82, 2.24) is 19.3 Å². The summed E-state index contributed by atoms with van der Waals surface area (Å²) in [6.07, 6.45) is 10.5. The van der Waals surface area contributed by atoms with E-state index in [9.17, 15) is 4.79 Å². The predicted molar refractivity (Wildman–Crippen MR) is 101 cm³/mol. The van der Waals surface area contributed by atoms with Crippen molar-refractivity contribution in [3.63, 3.8) is 0 Å². The van der Waals surface area contributed by atoms with E-state index in [1.165, 1.54) is 0 Å². The lowest BCUT2D eigenvalue weighted by molar-refractivity contribution is 0.0605. The molecular weight excluding hydrogens is 326 g/mol. The number of carbonyl (C=O) groups is 1. The minimum absolute atomic E-state index is 0.00471. The van der Waals surface area contributed by atoms with E-state index in [1.54, 1.807) is 24.5 Å². The van der Waals surface area contributed by atoms with Crippen molar-refractivity contribution in [3.05, 3.63) is 60.3 Å². The number of aromatic nitrogens is 3. The zero-order valence-corrected chi connectivity index (χ0v) is 15.2. The van der Waals surface area contributed by atoms with E-state index in [4.69, 9.17) is 4.98 Å². The van der Waals surface area contributed by atoms with Gasteiger partial charge in [-0.05, 0) is 43.5 Å². The van der Waals surface area contributed by atoms with Gasteiger partial charge in [0.25, 0.3) is 5.91 Å². The summed E-state index contributed by atoms with van der Waals surface area (Å²) in [5.74, 6) is 0.979. The van der Waals surface area contributed by atoms with Crippen LogP contribution < -0.4 is 4.90 Å². The Bertz CT molecular complexity index is 918. The first-order valence-corrected chi connectivity index (χ1v) is 9.01. The molecule has 3 aromatic rings. The van der Waals surface area contributed by atoms with Crippen LogP contribution in [-0.2, 0) is 0 Å². The molecule has 0 aromatic carbocycles. The molecule has 0 bridgehead atoms. The fourth-order valence-electron chi connectivity index (χ4n) is 3.68. The summed E-state index contributed by atoms with van der Waals surface area (Å²) in [5.41, 5.74) is 2.70. The molecule has 1 saturated heterocycles. The van der Waals surface area contributed by atoms with Gasteiger partial charge < -0.3 is 14.2 Å². The van der Waals surface area contributed by atoms with E-state index in [2.05, 4.69) is 21.6 Å². The van der Waals surface area contributed by atoms with E-state index in [0.717, 1.165) is 42.8 Å². The lowest BCUT2D eigenvalue weighted by atomic mass is 9.98. The Hall–Kier alpha value is -2.89. The van der Waals surface area contributed by atoms with Crippen molar-refractivity contribution >= 4 is 17.2 Å². The molecule has 1 amide bonds. The largest absolute Gasteiger partial charge is 0.361 e. The van der Waals surface area contributed by atoms with Crippen LogP contribution in [0.15, 0.2) is 49.1 Å². The highest BCUT2D eigenvalue weighted by molar-refractivity contribution is 5.94. The maximum atomic E-state index is 13.1. The number of nitrogens with zero attached hydrogens (tertiary/aromatic N) is 5. The molecule has 6 nitrogen and oxygen atoms in total. The molecule has 1 fully saturated rings. The molecule has 1 aliphatic rings. The van der Waals surface area contributed by atoms with Gasteiger partial charge in [-0.15, -0.1) is 0 Å². The maximum absolute atomic E-state index is 13.1. The number of rotatable bonds is 3. The van der Waals surface area contributed by atoms with Crippen LogP contribution in [0.4, 0.5) is 5.82 Å². The van der Waals surface area contributed by atoms with Crippen LogP contribution in [-0.4, -0.2) is 45.8 Å². The number of amides is 1. The number of hydrogen-bond acceptors (Lipinski definition) is 4. The minimum atomic E-state index is -0.00471. The predicted octanol–water partition coefficient (Wildman–Crippen LogP) is 3.16. The molecule has 6 heteroatoms. The average molecular weight is 349 g/mol. The fourth-order valence-corrected chi connectivity index (χ4v) is 3.68. The van der Waals surface area contributed by atoms with Crippen LogP contribution in [0.25, 0.3) is 5.52 Å². The summed E-state index contributed by atoms with van der Waals surface area (Å²) in [6.45, 7) is 0.758. The summed E-state index contributed by atoms with van der Waals surface area (Å²) < 4.78 is 2.10. The SMILES string of the molecule is CN(C)c1nc([C@@H]2CCCCN2C(=O)c2ccncc2)cn2cccc12. The normalized spacial score (nSPS) is 17.5. The van der Waals surface area contributed by atoms with Crippen LogP contribution in [0.3, 0.4) is 0 Å². The van der Waals surface area contributed by atoms with Gasteiger partial charge in [-0.1, -0.05) is 0 Å². The topological polar surface area (TPSA) is 53.7 Å². The molecule has 4 rings (SSSR count). The molecule has 1 aliphatic heterocycles. The number of pyridine rings is 1. The highest BCUT2D eigenvalue weighted by Gasteiger charge is 2.30. The number of anilines is 1. The number of likely N-dealkylation sites (tertiary alicyclic amines) is 1. The molecular formula is C20H23N5O.